The van der Waals surface area contributed by atoms with E-state index in [4.69, 9.17) is 4.74 Å². The molecule has 3 rings (SSSR count). The van der Waals surface area contributed by atoms with Crippen molar-refractivity contribution in [3.63, 3.8) is 0 Å². The number of aromatic nitrogens is 1. The van der Waals surface area contributed by atoms with Crippen molar-refractivity contribution in [3.8, 4) is 5.75 Å². The summed E-state index contributed by atoms with van der Waals surface area (Å²) in [6.45, 7) is 3.77. The van der Waals surface area contributed by atoms with Gasteiger partial charge in [0.2, 0.25) is 0 Å². The zero-order chi connectivity index (χ0) is 15.7. The maximum Gasteiger partial charge on any atom is 0.268 e. The summed E-state index contributed by atoms with van der Waals surface area (Å²) in [6.07, 6.45) is 3.24. The maximum absolute atomic E-state index is 12.9. The lowest BCUT2D eigenvalue weighted by atomic mass is 10.1. The number of benzene rings is 2. The third-order valence-corrected chi connectivity index (χ3v) is 5.24. The van der Waals surface area contributed by atoms with Gasteiger partial charge in [-0.25, -0.2) is 12.4 Å². The molecule has 5 heteroatoms. The Bertz CT molecular complexity index is 941. The first-order valence-electron chi connectivity index (χ1n) is 6.70. The highest BCUT2D eigenvalue weighted by molar-refractivity contribution is 7.90. The molecular weight excluding hydrogens is 298 g/mol. The molecule has 2 aromatic carbocycles. The Morgan fingerprint density at radius 3 is 2.45 bits per heavy atom. The van der Waals surface area contributed by atoms with Gasteiger partial charge >= 0.3 is 0 Å². The van der Waals surface area contributed by atoms with Gasteiger partial charge in [0, 0.05) is 11.6 Å². The number of fused-ring (bicyclic) bond motifs is 1. The van der Waals surface area contributed by atoms with Crippen molar-refractivity contribution in [1.29, 1.82) is 0 Å². The summed E-state index contributed by atoms with van der Waals surface area (Å²) < 4.78 is 32.3. The Morgan fingerprint density at radius 1 is 1.09 bits per heavy atom. The van der Waals surface area contributed by atoms with Gasteiger partial charge in [0.1, 0.15) is 11.3 Å². The predicted molar refractivity (Wildman–Crippen MR) is 87.6 cm³/mol. The van der Waals surface area contributed by atoms with Crippen LogP contribution in [0.5, 0.6) is 5.75 Å². The Hall–Kier alpha value is -2.53. The largest absolute Gasteiger partial charge is 0.495 e. The Balaban J connectivity index is 2.35. The van der Waals surface area contributed by atoms with Crippen LogP contribution in [0.3, 0.4) is 0 Å². The van der Waals surface area contributed by atoms with Crippen molar-refractivity contribution in [1.82, 2.24) is 3.97 Å². The fraction of sp³-hybridized carbons (Fsp3) is 0.0588. The van der Waals surface area contributed by atoms with Crippen molar-refractivity contribution < 1.29 is 13.2 Å². The van der Waals surface area contributed by atoms with E-state index < -0.39 is 10.0 Å². The molecule has 22 heavy (non-hydrogen) atoms. The highest BCUT2D eigenvalue weighted by Crippen LogP contribution is 2.32. The van der Waals surface area contributed by atoms with E-state index in [-0.39, 0.29) is 4.90 Å². The van der Waals surface area contributed by atoms with Crippen LogP contribution < -0.4 is 4.74 Å². The summed E-state index contributed by atoms with van der Waals surface area (Å²) in [5, 5.41) is 0.786. The molecule has 0 fully saturated rings. The number of hydrogen-bond donors (Lipinski definition) is 0. The van der Waals surface area contributed by atoms with E-state index in [9.17, 15) is 8.42 Å². The van der Waals surface area contributed by atoms with Gasteiger partial charge in [0.15, 0.2) is 0 Å². The molecule has 0 saturated heterocycles. The maximum atomic E-state index is 12.9. The van der Waals surface area contributed by atoms with Crippen molar-refractivity contribution in [2.45, 2.75) is 4.90 Å². The Labute approximate surface area is 129 Å². The molecule has 1 aromatic heterocycles. The minimum Gasteiger partial charge on any atom is -0.495 e. The monoisotopic (exact) mass is 313 g/mol. The molecule has 0 N–H and O–H groups in total. The van der Waals surface area contributed by atoms with Gasteiger partial charge in [-0.05, 0) is 29.8 Å². The van der Waals surface area contributed by atoms with Crippen LogP contribution in [0.2, 0.25) is 0 Å². The van der Waals surface area contributed by atoms with Crippen molar-refractivity contribution in [2.75, 3.05) is 7.11 Å². The van der Waals surface area contributed by atoms with E-state index >= 15 is 0 Å². The van der Waals surface area contributed by atoms with E-state index in [2.05, 4.69) is 6.58 Å². The topological polar surface area (TPSA) is 48.3 Å². The van der Waals surface area contributed by atoms with Crippen LogP contribution in [0.1, 0.15) is 5.56 Å². The summed E-state index contributed by atoms with van der Waals surface area (Å²) >= 11 is 0. The second kappa shape index (κ2) is 5.35. The average molecular weight is 313 g/mol. The molecule has 0 bridgehead atoms. The molecule has 0 amide bonds. The number of nitrogens with zero attached hydrogens (tertiary/aromatic N) is 1. The van der Waals surface area contributed by atoms with Gasteiger partial charge in [-0.15, -0.1) is 0 Å². The molecule has 0 saturated carbocycles. The van der Waals surface area contributed by atoms with Gasteiger partial charge in [-0.3, -0.25) is 0 Å². The predicted octanol–water partition coefficient (Wildman–Crippen LogP) is 3.53. The molecule has 0 unspecified atom stereocenters. The summed E-state index contributed by atoms with van der Waals surface area (Å²) in [6, 6.07) is 13.7. The van der Waals surface area contributed by atoms with Crippen LogP contribution in [0.4, 0.5) is 0 Å². The quantitative estimate of drug-likeness (QED) is 0.740. The van der Waals surface area contributed by atoms with Crippen LogP contribution >= 0.6 is 0 Å². The lowest BCUT2D eigenvalue weighted by molar-refractivity contribution is 0.418. The van der Waals surface area contributed by atoms with Crippen LogP contribution in [-0.2, 0) is 10.0 Å². The van der Waals surface area contributed by atoms with Crippen molar-refractivity contribution in [3.05, 3.63) is 66.9 Å². The van der Waals surface area contributed by atoms with Gasteiger partial charge in [0.25, 0.3) is 10.0 Å². The lowest BCUT2D eigenvalue weighted by Crippen LogP contribution is -2.12. The summed E-state index contributed by atoms with van der Waals surface area (Å²) in [5.41, 5.74) is 1.38. The van der Waals surface area contributed by atoms with E-state index in [0.717, 1.165) is 10.9 Å². The van der Waals surface area contributed by atoms with E-state index in [1.165, 1.54) is 11.1 Å². The third kappa shape index (κ3) is 2.10. The van der Waals surface area contributed by atoms with Gasteiger partial charge in [-0.1, -0.05) is 36.9 Å². The van der Waals surface area contributed by atoms with Crippen LogP contribution in [-0.4, -0.2) is 19.5 Å². The van der Waals surface area contributed by atoms with Gasteiger partial charge in [-0.2, -0.15) is 0 Å². The highest BCUT2D eigenvalue weighted by Gasteiger charge is 2.21. The Kier molecular flexibility index (Phi) is 3.50. The van der Waals surface area contributed by atoms with E-state index in [1.807, 2.05) is 6.07 Å². The SMILES string of the molecule is C=Cc1ccc(OC)c2c1ccn2S(=O)(=O)c1ccccc1. The fourth-order valence-corrected chi connectivity index (χ4v) is 3.85. The number of methoxy groups -OCH3 is 1. The second-order valence-electron chi connectivity index (χ2n) is 4.75. The molecule has 0 aliphatic heterocycles. The first-order chi connectivity index (χ1) is 10.6. The van der Waals surface area contributed by atoms with Gasteiger partial charge in [0.05, 0.1) is 12.0 Å². The molecule has 3 aromatic rings. The molecule has 112 valence electrons. The highest BCUT2D eigenvalue weighted by atomic mass is 32.2. The minimum atomic E-state index is -3.68. The summed E-state index contributed by atoms with van der Waals surface area (Å²) in [4.78, 5) is 0.235. The zero-order valence-corrected chi connectivity index (χ0v) is 12.9. The van der Waals surface area contributed by atoms with Crippen LogP contribution in [0.15, 0.2) is 66.2 Å². The standard InChI is InChI=1S/C17H15NO3S/c1-3-13-9-10-16(21-2)17-15(13)11-12-18(17)22(19,20)14-7-5-4-6-8-14/h3-12H,1H2,2H3. The molecule has 0 radical (unpaired) electrons. The Morgan fingerprint density at radius 2 is 1.82 bits per heavy atom. The average Bonchev–Trinajstić information content (AvgIpc) is 3.00. The molecule has 1 heterocycles. The van der Waals surface area contributed by atoms with Crippen molar-refractivity contribution in [2.24, 2.45) is 0 Å². The second-order valence-corrected chi connectivity index (χ2v) is 6.57. The van der Waals surface area contributed by atoms with Crippen LogP contribution in [0.25, 0.3) is 17.0 Å². The number of ether oxygens (including phenoxy) is 1. The smallest absolute Gasteiger partial charge is 0.268 e. The third-order valence-electron chi connectivity index (χ3n) is 3.55. The van der Waals surface area contributed by atoms with Crippen LogP contribution in [0, 0.1) is 0 Å². The molecular formula is C17H15NO3S. The first-order valence-corrected chi connectivity index (χ1v) is 8.14. The normalized spacial score (nSPS) is 11.5. The van der Waals surface area contributed by atoms with E-state index in [0.29, 0.717) is 11.3 Å². The molecule has 0 spiro atoms. The van der Waals surface area contributed by atoms with Gasteiger partial charge < -0.3 is 4.74 Å². The molecule has 0 aliphatic carbocycles. The minimum absolute atomic E-state index is 0.235. The molecule has 0 atom stereocenters. The summed E-state index contributed by atoms with van der Waals surface area (Å²) in [5.74, 6) is 0.505. The van der Waals surface area contributed by atoms with Crippen molar-refractivity contribution >= 4 is 27.0 Å². The number of rotatable bonds is 4. The summed E-state index contributed by atoms with van der Waals surface area (Å²) in [7, 11) is -2.15. The molecule has 4 nitrogen and oxygen atoms in total. The fourth-order valence-electron chi connectivity index (χ4n) is 2.47. The zero-order valence-electron chi connectivity index (χ0n) is 12.1. The molecule has 0 aliphatic rings. The first kappa shape index (κ1) is 14.4. The lowest BCUT2D eigenvalue weighted by Gasteiger charge is -2.11. The van der Waals surface area contributed by atoms with E-state index in [1.54, 1.807) is 54.7 Å². The number of hydrogen-bond acceptors (Lipinski definition) is 3.